The Bertz CT molecular complexity index is 516. The summed E-state index contributed by atoms with van der Waals surface area (Å²) in [5.41, 5.74) is 4.87. The van der Waals surface area contributed by atoms with Crippen molar-refractivity contribution in [2.75, 3.05) is 6.54 Å². The van der Waals surface area contributed by atoms with E-state index in [1.165, 1.54) is 0 Å². The number of nitrogens with two attached hydrogens (primary N) is 1. The van der Waals surface area contributed by atoms with Gasteiger partial charge in [0.05, 0.1) is 16.6 Å². The summed E-state index contributed by atoms with van der Waals surface area (Å²) in [5.74, 6) is -1.55. The molecule has 1 amide bonds. The fraction of sp³-hybridized carbons (Fsp3) is 0.462. The fourth-order valence-corrected chi connectivity index (χ4v) is 1.65. The Morgan fingerprint density at radius 2 is 2.05 bits per heavy atom. The predicted octanol–water partition coefficient (Wildman–Crippen LogP) is 1.98. The Kier molecular flexibility index (Phi) is 5.15. The molecule has 0 unspecified atom stereocenters. The number of amides is 1. The molecule has 0 spiro atoms. The number of carbonyl (C=O) groups excluding carboxylic acids is 1. The molecule has 1 aromatic carbocycles. The first-order chi connectivity index (χ1) is 9.33. The third-order valence-electron chi connectivity index (χ3n) is 3.42. The first kappa shape index (κ1) is 16.0. The zero-order chi connectivity index (χ0) is 15.3. The quantitative estimate of drug-likeness (QED) is 0.616. The number of hydrogen-bond donors (Lipinski definition) is 2. The van der Waals surface area contributed by atoms with Crippen LogP contribution in [0.3, 0.4) is 0 Å². The Balaban J connectivity index is 2.81. The maximum absolute atomic E-state index is 13.6. The van der Waals surface area contributed by atoms with Crippen molar-refractivity contribution in [2.24, 2.45) is 5.73 Å². The Morgan fingerprint density at radius 1 is 1.45 bits per heavy atom. The van der Waals surface area contributed by atoms with E-state index in [0.29, 0.717) is 12.8 Å². The normalized spacial score (nSPS) is 11.2. The van der Waals surface area contributed by atoms with Crippen molar-refractivity contribution in [2.45, 2.75) is 32.2 Å². The molecule has 0 atom stereocenters. The van der Waals surface area contributed by atoms with E-state index < -0.39 is 27.9 Å². The van der Waals surface area contributed by atoms with Crippen molar-refractivity contribution < 1.29 is 14.1 Å². The first-order valence-electron chi connectivity index (χ1n) is 6.34. The van der Waals surface area contributed by atoms with Gasteiger partial charge in [-0.25, -0.2) is 4.39 Å². The summed E-state index contributed by atoms with van der Waals surface area (Å²) in [7, 11) is 0. The van der Waals surface area contributed by atoms with Gasteiger partial charge in [-0.15, -0.1) is 0 Å². The lowest BCUT2D eigenvalue weighted by molar-refractivity contribution is -0.385. The van der Waals surface area contributed by atoms with Crippen LogP contribution in [0.25, 0.3) is 0 Å². The summed E-state index contributed by atoms with van der Waals surface area (Å²) in [6.45, 7) is 4.03. The van der Waals surface area contributed by atoms with Gasteiger partial charge in [-0.3, -0.25) is 14.9 Å². The first-order valence-corrected chi connectivity index (χ1v) is 6.34. The number of rotatable bonds is 6. The molecule has 3 N–H and O–H groups in total. The predicted molar refractivity (Wildman–Crippen MR) is 72.9 cm³/mol. The van der Waals surface area contributed by atoms with Crippen molar-refractivity contribution in [3.63, 3.8) is 0 Å². The van der Waals surface area contributed by atoms with Gasteiger partial charge in [-0.1, -0.05) is 13.8 Å². The van der Waals surface area contributed by atoms with Gasteiger partial charge < -0.3 is 11.1 Å². The van der Waals surface area contributed by atoms with Crippen LogP contribution in [0.1, 0.15) is 37.0 Å². The van der Waals surface area contributed by atoms with E-state index in [4.69, 9.17) is 5.73 Å². The van der Waals surface area contributed by atoms with E-state index in [1.54, 1.807) is 0 Å². The molecular formula is C13H18FN3O3. The average molecular weight is 283 g/mol. The molecule has 0 heterocycles. The highest BCUT2D eigenvalue weighted by Crippen LogP contribution is 2.17. The summed E-state index contributed by atoms with van der Waals surface area (Å²) >= 11 is 0. The van der Waals surface area contributed by atoms with E-state index in [1.807, 2.05) is 13.8 Å². The van der Waals surface area contributed by atoms with Crippen LogP contribution in [0.15, 0.2) is 18.2 Å². The van der Waals surface area contributed by atoms with E-state index in [-0.39, 0.29) is 12.1 Å². The van der Waals surface area contributed by atoms with E-state index in [9.17, 15) is 19.3 Å². The number of hydrogen-bond acceptors (Lipinski definition) is 4. The molecule has 1 aromatic rings. The molecule has 0 radical (unpaired) electrons. The highest BCUT2D eigenvalue weighted by Gasteiger charge is 2.22. The Labute approximate surface area is 116 Å². The van der Waals surface area contributed by atoms with Gasteiger partial charge in [0.2, 0.25) is 0 Å². The van der Waals surface area contributed by atoms with Crippen LogP contribution in [0.2, 0.25) is 0 Å². The van der Waals surface area contributed by atoms with E-state index in [2.05, 4.69) is 5.32 Å². The van der Waals surface area contributed by atoms with Crippen LogP contribution in [0, 0.1) is 15.9 Å². The molecule has 0 fully saturated rings. The van der Waals surface area contributed by atoms with Crippen molar-refractivity contribution in [1.29, 1.82) is 0 Å². The second kappa shape index (κ2) is 6.42. The van der Waals surface area contributed by atoms with Gasteiger partial charge in [0.25, 0.3) is 11.6 Å². The van der Waals surface area contributed by atoms with Gasteiger partial charge in [-0.2, -0.15) is 0 Å². The third kappa shape index (κ3) is 3.74. The highest BCUT2D eigenvalue weighted by atomic mass is 19.1. The lowest BCUT2D eigenvalue weighted by Gasteiger charge is -2.26. The van der Waals surface area contributed by atoms with Gasteiger partial charge >= 0.3 is 0 Å². The lowest BCUT2D eigenvalue weighted by atomic mass is 9.94. The molecule has 6 nitrogen and oxygen atoms in total. The number of benzene rings is 1. The minimum atomic E-state index is -0.924. The van der Waals surface area contributed by atoms with Crippen molar-refractivity contribution in [3.05, 3.63) is 39.7 Å². The van der Waals surface area contributed by atoms with Gasteiger partial charge in [-0.05, 0) is 18.9 Å². The van der Waals surface area contributed by atoms with Crippen LogP contribution in [-0.2, 0) is 0 Å². The second-order valence-corrected chi connectivity index (χ2v) is 4.67. The summed E-state index contributed by atoms with van der Waals surface area (Å²) in [4.78, 5) is 21.6. The minimum absolute atomic E-state index is 0.218. The largest absolute Gasteiger partial charge is 0.350 e. The lowest BCUT2D eigenvalue weighted by Crippen LogP contribution is -2.49. The number of halogens is 1. The van der Waals surface area contributed by atoms with Crippen molar-refractivity contribution in [1.82, 2.24) is 5.32 Å². The Morgan fingerprint density at radius 3 is 2.50 bits per heavy atom. The maximum atomic E-state index is 13.6. The smallest absolute Gasteiger partial charge is 0.272 e. The summed E-state index contributed by atoms with van der Waals surface area (Å²) in [6, 6.07) is 2.91. The van der Waals surface area contributed by atoms with Crippen LogP contribution in [-0.4, -0.2) is 22.9 Å². The second-order valence-electron chi connectivity index (χ2n) is 4.67. The van der Waals surface area contributed by atoms with Gasteiger partial charge in [0, 0.05) is 18.2 Å². The number of nitro groups is 1. The highest BCUT2D eigenvalue weighted by molar-refractivity contribution is 5.94. The molecule has 0 aliphatic heterocycles. The SMILES string of the molecule is CCC(N)(CC)CNC(=O)c1ccc([N+](=O)[O-])cc1F. The summed E-state index contributed by atoms with van der Waals surface area (Å²) in [6.07, 6.45) is 1.35. The van der Waals surface area contributed by atoms with E-state index in [0.717, 1.165) is 18.2 Å². The number of nitro benzene ring substituents is 1. The molecule has 0 aliphatic rings. The van der Waals surface area contributed by atoms with Crippen molar-refractivity contribution in [3.8, 4) is 0 Å². The molecular weight excluding hydrogens is 265 g/mol. The van der Waals surface area contributed by atoms with Crippen LogP contribution < -0.4 is 11.1 Å². The molecule has 20 heavy (non-hydrogen) atoms. The Hall–Kier alpha value is -2.02. The summed E-state index contributed by atoms with van der Waals surface area (Å²) < 4.78 is 13.6. The standard InChI is InChI=1S/C13H18FN3O3/c1-3-13(15,4-2)8-16-12(18)10-6-5-9(17(19)20)7-11(10)14/h5-7H,3-4,8,15H2,1-2H3,(H,16,18). The van der Waals surface area contributed by atoms with Crippen LogP contribution in [0.5, 0.6) is 0 Å². The number of nitrogens with zero attached hydrogens (tertiary/aromatic N) is 1. The molecule has 0 saturated carbocycles. The topological polar surface area (TPSA) is 98.3 Å². The number of nitrogens with one attached hydrogen (secondary N) is 1. The molecule has 0 bridgehead atoms. The van der Waals surface area contributed by atoms with E-state index >= 15 is 0 Å². The number of non-ortho nitro benzene ring substituents is 1. The molecule has 7 heteroatoms. The van der Waals surface area contributed by atoms with Crippen molar-refractivity contribution >= 4 is 11.6 Å². The van der Waals surface area contributed by atoms with Gasteiger partial charge in [0.15, 0.2) is 0 Å². The molecule has 110 valence electrons. The fourth-order valence-electron chi connectivity index (χ4n) is 1.65. The maximum Gasteiger partial charge on any atom is 0.272 e. The third-order valence-corrected chi connectivity index (χ3v) is 3.42. The molecule has 1 rings (SSSR count). The van der Waals surface area contributed by atoms with Crippen LogP contribution in [0.4, 0.5) is 10.1 Å². The molecule has 0 aromatic heterocycles. The summed E-state index contributed by atoms with van der Waals surface area (Å²) in [5, 5.41) is 13.0. The number of carbonyl (C=O) groups is 1. The zero-order valence-electron chi connectivity index (χ0n) is 11.5. The zero-order valence-corrected chi connectivity index (χ0v) is 11.5. The average Bonchev–Trinajstić information content (AvgIpc) is 2.44. The monoisotopic (exact) mass is 283 g/mol. The van der Waals surface area contributed by atoms with Crippen LogP contribution >= 0.6 is 0 Å². The molecule has 0 saturated heterocycles. The molecule has 0 aliphatic carbocycles. The van der Waals surface area contributed by atoms with Gasteiger partial charge in [0.1, 0.15) is 5.82 Å². The minimum Gasteiger partial charge on any atom is -0.350 e.